The lowest BCUT2D eigenvalue weighted by molar-refractivity contribution is -0.122. The maximum absolute atomic E-state index is 12.4. The summed E-state index contributed by atoms with van der Waals surface area (Å²) < 4.78 is 6.26. The van der Waals surface area contributed by atoms with Gasteiger partial charge in [-0.1, -0.05) is 31.5 Å². The number of nitrogens with zero attached hydrogens (tertiary/aromatic N) is 2. The summed E-state index contributed by atoms with van der Waals surface area (Å²) in [5.74, 6) is 1.06. The Hall–Kier alpha value is -1.92. The molecular weight excluding hydrogens is 358 g/mol. The molecular formula is C21H29N3O2S. The molecule has 27 heavy (non-hydrogen) atoms. The van der Waals surface area contributed by atoms with E-state index in [1.54, 1.807) is 17.5 Å². The van der Waals surface area contributed by atoms with Crippen LogP contribution in [-0.4, -0.2) is 35.0 Å². The Morgan fingerprint density at radius 1 is 1.44 bits per heavy atom. The SMILES string of the molecule is CCCCC1CN(CCC(=O)NC(C)c2nccs2)Cc2ccccc2O1. The van der Waals surface area contributed by atoms with Crippen LogP contribution < -0.4 is 10.1 Å². The van der Waals surface area contributed by atoms with Crippen LogP contribution in [0.5, 0.6) is 5.75 Å². The van der Waals surface area contributed by atoms with Crippen molar-refractivity contribution in [3.8, 4) is 5.75 Å². The van der Waals surface area contributed by atoms with Crippen molar-refractivity contribution >= 4 is 17.2 Å². The van der Waals surface area contributed by atoms with Crippen LogP contribution in [0.15, 0.2) is 35.8 Å². The minimum Gasteiger partial charge on any atom is -0.489 e. The molecule has 1 aliphatic rings. The van der Waals surface area contributed by atoms with Gasteiger partial charge in [-0.3, -0.25) is 9.69 Å². The largest absolute Gasteiger partial charge is 0.489 e. The second kappa shape index (κ2) is 9.85. The quantitative estimate of drug-likeness (QED) is 0.739. The van der Waals surface area contributed by atoms with Gasteiger partial charge in [0.1, 0.15) is 16.9 Å². The standard InChI is InChI=1S/C21H29N3O2S/c1-3-4-8-18-15-24(14-17-7-5-6-9-19(17)26-18)12-10-20(25)23-16(2)21-22-11-13-27-21/h5-7,9,11,13,16,18H,3-4,8,10,12,14-15H2,1-2H3,(H,23,25). The van der Waals surface area contributed by atoms with E-state index in [1.807, 2.05) is 18.4 Å². The summed E-state index contributed by atoms with van der Waals surface area (Å²) in [7, 11) is 0. The summed E-state index contributed by atoms with van der Waals surface area (Å²) in [5.41, 5.74) is 1.20. The zero-order valence-electron chi connectivity index (χ0n) is 16.2. The van der Waals surface area contributed by atoms with Gasteiger partial charge in [-0.25, -0.2) is 4.98 Å². The van der Waals surface area contributed by atoms with E-state index < -0.39 is 0 Å². The van der Waals surface area contributed by atoms with Crippen molar-refractivity contribution in [1.82, 2.24) is 15.2 Å². The molecule has 3 rings (SSSR count). The number of unbranched alkanes of at least 4 members (excludes halogenated alkanes) is 1. The lowest BCUT2D eigenvalue weighted by Gasteiger charge is -2.24. The van der Waals surface area contributed by atoms with Gasteiger partial charge in [0, 0.05) is 43.2 Å². The van der Waals surface area contributed by atoms with Gasteiger partial charge in [0.2, 0.25) is 5.91 Å². The molecule has 1 aromatic heterocycles. The van der Waals surface area contributed by atoms with Gasteiger partial charge in [-0.2, -0.15) is 0 Å². The molecule has 2 heterocycles. The molecule has 2 atom stereocenters. The van der Waals surface area contributed by atoms with Gasteiger partial charge in [0.05, 0.1) is 6.04 Å². The molecule has 0 saturated carbocycles. The predicted molar refractivity (Wildman–Crippen MR) is 109 cm³/mol. The van der Waals surface area contributed by atoms with Crippen LogP contribution in [-0.2, 0) is 11.3 Å². The third-order valence-corrected chi connectivity index (χ3v) is 5.81. The minimum atomic E-state index is -0.0389. The molecule has 6 heteroatoms. The van der Waals surface area contributed by atoms with Crippen LogP contribution in [0.2, 0.25) is 0 Å². The maximum Gasteiger partial charge on any atom is 0.221 e. The number of nitrogens with one attached hydrogen (secondary N) is 1. The Balaban J connectivity index is 1.56. The van der Waals surface area contributed by atoms with E-state index in [2.05, 4.69) is 40.3 Å². The van der Waals surface area contributed by atoms with E-state index in [9.17, 15) is 4.79 Å². The first-order valence-electron chi connectivity index (χ1n) is 9.81. The number of ether oxygens (including phenoxy) is 1. The number of rotatable bonds is 8. The van der Waals surface area contributed by atoms with Gasteiger partial charge in [-0.15, -0.1) is 11.3 Å². The number of carbonyl (C=O) groups is 1. The molecule has 1 aromatic carbocycles. The number of thiazole rings is 1. The Kier molecular flexibility index (Phi) is 7.24. The summed E-state index contributed by atoms with van der Waals surface area (Å²) >= 11 is 1.57. The topological polar surface area (TPSA) is 54.5 Å². The van der Waals surface area contributed by atoms with Crippen LogP contribution in [0.3, 0.4) is 0 Å². The van der Waals surface area contributed by atoms with E-state index in [0.29, 0.717) is 6.42 Å². The molecule has 5 nitrogen and oxygen atoms in total. The lowest BCUT2D eigenvalue weighted by atomic mass is 10.1. The second-order valence-electron chi connectivity index (χ2n) is 7.13. The van der Waals surface area contributed by atoms with Crippen molar-refractivity contribution in [2.75, 3.05) is 13.1 Å². The van der Waals surface area contributed by atoms with Crippen LogP contribution in [0, 0.1) is 0 Å². The fourth-order valence-corrected chi connectivity index (χ4v) is 4.04. The van der Waals surface area contributed by atoms with Crippen LogP contribution in [0.25, 0.3) is 0 Å². The Bertz CT molecular complexity index is 720. The maximum atomic E-state index is 12.4. The smallest absolute Gasteiger partial charge is 0.221 e. The Morgan fingerprint density at radius 2 is 2.30 bits per heavy atom. The predicted octanol–water partition coefficient (Wildman–Crippen LogP) is 4.16. The van der Waals surface area contributed by atoms with Gasteiger partial charge in [-0.05, 0) is 25.8 Å². The molecule has 0 bridgehead atoms. The number of amides is 1. The summed E-state index contributed by atoms with van der Waals surface area (Å²) in [4.78, 5) is 19.0. The van der Waals surface area contributed by atoms with E-state index in [-0.39, 0.29) is 18.1 Å². The van der Waals surface area contributed by atoms with E-state index in [1.165, 1.54) is 12.0 Å². The second-order valence-corrected chi connectivity index (χ2v) is 8.06. The molecule has 1 amide bonds. The molecule has 0 fully saturated rings. The first-order chi connectivity index (χ1) is 13.2. The molecule has 0 spiro atoms. The van der Waals surface area contributed by atoms with Crippen LogP contribution >= 0.6 is 11.3 Å². The summed E-state index contributed by atoms with van der Waals surface area (Å²) in [5, 5.41) is 5.93. The number of para-hydroxylation sites is 1. The number of carbonyl (C=O) groups excluding carboxylic acids is 1. The number of fused-ring (bicyclic) bond motifs is 1. The summed E-state index contributed by atoms with van der Waals surface area (Å²) in [6.07, 6.45) is 5.82. The Labute approximate surface area is 165 Å². The van der Waals surface area contributed by atoms with Crippen molar-refractivity contribution in [3.63, 3.8) is 0 Å². The van der Waals surface area contributed by atoms with Crippen molar-refractivity contribution in [2.45, 2.75) is 58.2 Å². The van der Waals surface area contributed by atoms with Crippen molar-refractivity contribution in [3.05, 3.63) is 46.4 Å². The molecule has 1 aliphatic heterocycles. The lowest BCUT2D eigenvalue weighted by Crippen LogP contribution is -2.36. The van der Waals surface area contributed by atoms with Gasteiger partial charge in [0.15, 0.2) is 0 Å². The molecule has 0 aliphatic carbocycles. The molecule has 1 N–H and O–H groups in total. The highest BCUT2D eigenvalue weighted by Gasteiger charge is 2.23. The van der Waals surface area contributed by atoms with Crippen molar-refractivity contribution in [2.24, 2.45) is 0 Å². The van der Waals surface area contributed by atoms with Crippen LogP contribution in [0.1, 0.15) is 56.1 Å². The summed E-state index contributed by atoms with van der Waals surface area (Å²) in [6.45, 7) is 6.61. The normalized spacial score (nSPS) is 18.2. The minimum absolute atomic E-state index is 0.0389. The van der Waals surface area contributed by atoms with Gasteiger partial charge < -0.3 is 10.1 Å². The molecule has 2 unspecified atom stereocenters. The highest BCUT2D eigenvalue weighted by molar-refractivity contribution is 7.09. The number of hydrogen-bond acceptors (Lipinski definition) is 5. The molecule has 0 radical (unpaired) electrons. The third kappa shape index (κ3) is 5.78. The third-order valence-electron chi connectivity index (χ3n) is 4.86. The Morgan fingerprint density at radius 3 is 3.07 bits per heavy atom. The number of benzene rings is 1. The fourth-order valence-electron chi connectivity index (χ4n) is 3.40. The number of aromatic nitrogens is 1. The van der Waals surface area contributed by atoms with Gasteiger partial charge in [0.25, 0.3) is 0 Å². The van der Waals surface area contributed by atoms with Crippen molar-refractivity contribution < 1.29 is 9.53 Å². The zero-order valence-corrected chi connectivity index (χ0v) is 17.0. The van der Waals surface area contributed by atoms with E-state index >= 15 is 0 Å². The first kappa shape index (κ1) is 19.8. The monoisotopic (exact) mass is 387 g/mol. The molecule has 2 aromatic rings. The van der Waals surface area contributed by atoms with Crippen molar-refractivity contribution in [1.29, 1.82) is 0 Å². The van der Waals surface area contributed by atoms with E-state index in [4.69, 9.17) is 4.74 Å². The highest BCUT2D eigenvalue weighted by Crippen LogP contribution is 2.26. The molecule has 146 valence electrons. The molecule has 0 saturated heterocycles. The zero-order chi connectivity index (χ0) is 19.1. The summed E-state index contributed by atoms with van der Waals surface area (Å²) in [6, 6.07) is 8.21. The average Bonchev–Trinajstić information content (AvgIpc) is 3.14. The number of hydrogen-bond donors (Lipinski definition) is 1. The van der Waals surface area contributed by atoms with Gasteiger partial charge >= 0.3 is 0 Å². The average molecular weight is 388 g/mol. The van der Waals surface area contributed by atoms with Crippen LogP contribution in [0.4, 0.5) is 0 Å². The first-order valence-corrected chi connectivity index (χ1v) is 10.7. The fraction of sp³-hybridized carbons (Fsp3) is 0.524. The highest BCUT2D eigenvalue weighted by atomic mass is 32.1. The van der Waals surface area contributed by atoms with E-state index in [0.717, 1.165) is 43.2 Å².